The van der Waals surface area contributed by atoms with E-state index in [9.17, 15) is 19.5 Å². The number of hydrogen-bond donors (Lipinski definition) is 1. The Morgan fingerprint density at radius 1 is 1.35 bits per heavy atom. The first-order chi connectivity index (χ1) is 12.0. The Hall–Kier alpha value is -1.88. The van der Waals surface area contributed by atoms with Crippen LogP contribution in [0, 0.1) is 5.92 Å². The fourth-order valence-corrected chi connectivity index (χ4v) is 5.02. The second-order valence-corrected chi connectivity index (χ2v) is 10.0. The zero-order valence-corrected chi connectivity index (χ0v) is 17.5. The first kappa shape index (κ1) is 20.4. The minimum atomic E-state index is -1.10. The van der Waals surface area contributed by atoms with Crippen LogP contribution in [-0.4, -0.2) is 54.1 Å². The number of aromatic nitrogens is 1. The standard InChI is InChI=1S/C18H24AsN2O5/c1-10(2)13(19-17(25)26-18(3,4)5)15(22)21-12(16(23)24)9-11-7-6-8-20-14(11)21/h6-8,10,12-13H,9H2,1-5H3,(H,23,24). The molecule has 0 fully saturated rings. The second-order valence-electron chi connectivity index (χ2n) is 7.55. The van der Waals surface area contributed by atoms with Crippen molar-refractivity contribution >= 4 is 38.2 Å². The van der Waals surface area contributed by atoms with Gasteiger partial charge in [0.15, 0.2) is 0 Å². The molecule has 7 nitrogen and oxygen atoms in total. The van der Waals surface area contributed by atoms with Crippen LogP contribution in [-0.2, 0) is 20.7 Å². The normalized spacial score (nSPS) is 18.2. The third-order valence-electron chi connectivity index (χ3n) is 3.87. The maximum absolute atomic E-state index is 13.2. The Labute approximate surface area is 159 Å². The Bertz CT molecular complexity index is 714. The van der Waals surface area contributed by atoms with Gasteiger partial charge in [0.1, 0.15) is 0 Å². The quantitative estimate of drug-likeness (QED) is 0.732. The molecule has 0 aromatic carbocycles. The molecule has 1 aromatic rings. The SMILES string of the molecule is CC(C)C([As]C(=O)OC(C)(C)C)C(=O)N1c2ncccc2CC1C(=O)O. The average molecular weight is 423 g/mol. The van der Waals surface area contributed by atoms with Gasteiger partial charge in [-0.25, -0.2) is 0 Å². The number of pyridine rings is 1. The number of carbonyl (C=O) groups is 3. The van der Waals surface area contributed by atoms with Gasteiger partial charge in [-0.05, 0) is 0 Å². The molecule has 0 saturated heterocycles. The molecule has 1 aliphatic heterocycles. The van der Waals surface area contributed by atoms with E-state index in [-0.39, 0.29) is 23.0 Å². The number of aliphatic carboxylic acids is 1. The number of nitrogens with zero attached hydrogens (tertiary/aromatic N) is 2. The number of ether oxygens (including phenoxy) is 1. The van der Waals surface area contributed by atoms with Crippen LogP contribution in [0.15, 0.2) is 18.3 Å². The molecule has 0 spiro atoms. The molecular formula is C18H24AsN2O5. The number of fused-ring (bicyclic) bond motifs is 1. The fraction of sp³-hybridized carbons (Fsp3) is 0.556. The molecule has 0 bridgehead atoms. The summed E-state index contributed by atoms with van der Waals surface area (Å²) in [6, 6.07) is 2.50. The predicted molar refractivity (Wildman–Crippen MR) is 97.4 cm³/mol. The topological polar surface area (TPSA) is 96.8 Å². The Morgan fingerprint density at radius 2 is 2.00 bits per heavy atom. The van der Waals surface area contributed by atoms with Gasteiger partial charge in [0, 0.05) is 0 Å². The number of carboxylic acids is 1. The van der Waals surface area contributed by atoms with Crippen LogP contribution in [0.5, 0.6) is 0 Å². The molecule has 2 unspecified atom stereocenters. The molecule has 1 N–H and O–H groups in total. The first-order valence-corrected chi connectivity index (χ1v) is 10.5. The van der Waals surface area contributed by atoms with Gasteiger partial charge in [0.2, 0.25) is 0 Å². The molecule has 0 aliphatic carbocycles. The van der Waals surface area contributed by atoms with Crippen molar-refractivity contribution < 1.29 is 24.2 Å². The van der Waals surface area contributed by atoms with Gasteiger partial charge in [-0.3, -0.25) is 0 Å². The number of rotatable bonds is 5. The number of carbonyl (C=O) groups excluding carboxylic acids is 2. The van der Waals surface area contributed by atoms with Gasteiger partial charge >= 0.3 is 160 Å². The summed E-state index contributed by atoms with van der Waals surface area (Å²) in [4.78, 5) is 42.6. The van der Waals surface area contributed by atoms with Crippen LogP contribution >= 0.6 is 0 Å². The van der Waals surface area contributed by atoms with Gasteiger partial charge < -0.3 is 0 Å². The third-order valence-corrected chi connectivity index (χ3v) is 6.80. The average Bonchev–Trinajstić information content (AvgIpc) is 2.89. The fourth-order valence-electron chi connectivity index (χ4n) is 2.74. The number of hydrogen-bond acceptors (Lipinski definition) is 5. The molecule has 141 valence electrons. The first-order valence-electron chi connectivity index (χ1n) is 8.45. The van der Waals surface area contributed by atoms with Crippen molar-refractivity contribution in [2.24, 2.45) is 5.92 Å². The molecule has 8 heteroatoms. The number of amides is 1. The molecule has 1 aromatic heterocycles. The van der Waals surface area contributed by atoms with Crippen molar-refractivity contribution in [3.05, 3.63) is 23.9 Å². The van der Waals surface area contributed by atoms with Crippen molar-refractivity contribution in [2.75, 3.05) is 4.90 Å². The van der Waals surface area contributed by atoms with Crippen LogP contribution in [0.4, 0.5) is 10.6 Å². The maximum atomic E-state index is 13.2. The summed E-state index contributed by atoms with van der Waals surface area (Å²) in [7, 11) is 0. The van der Waals surface area contributed by atoms with E-state index in [1.807, 2.05) is 13.8 Å². The van der Waals surface area contributed by atoms with E-state index in [0.717, 1.165) is 5.56 Å². The minimum absolute atomic E-state index is 0.114. The van der Waals surface area contributed by atoms with Gasteiger partial charge in [-0.15, -0.1) is 0 Å². The molecule has 26 heavy (non-hydrogen) atoms. The van der Waals surface area contributed by atoms with Crippen molar-refractivity contribution in [1.82, 2.24) is 4.98 Å². The van der Waals surface area contributed by atoms with E-state index in [0.29, 0.717) is 5.82 Å². The van der Waals surface area contributed by atoms with E-state index in [2.05, 4.69) is 4.98 Å². The number of carboxylic acid groups (broad SMARTS) is 1. The summed E-state index contributed by atoms with van der Waals surface area (Å²) in [6.45, 7) is 9.04. The predicted octanol–water partition coefficient (Wildman–Crippen LogP) is 2.51. The van der Waals surface area contributed by atoms with E-state index >= 15 is 0 Å². The molecule has 1 radical (unpaired) electrons. The Balaban J connectivity index is 2.29. The van der Waals surface area contributed by atoms with Crippen LogP contribution in [0.3, 0.4) is 0 Å². The molecule has 1 amide bonds. The second kappa shape index (κ2) is 7.78. The summed E-state index contributed by atoms with van der Waals surface area (Å²) in [5, 5.41) is 9.55. The van der Waals surface area contributed by atoms with Gasteiger partial charge in [0.25, 0.3) is 0 Å². The summed E-state index contributed by atoms with van der Waals surface area (Å²) in [6.07, 6.45) is 1.76. The molecule has 1 aliphatic rings. The van der Waals surface area contributed by atoms with Crippen molar-refractivity contribution in [3.63, 3.8) is 0 Å². The van der Waals surface area contributed by atoms with Gasteiger partial charge in [0.05, 0.1) is 0 Å². The summed E-state index contributed by atoms with van der Waals surface area (Å²) < 4.78 is 4.41. The van der Waals surface area contributed by atoms with E-state index < -0.39 is 38.1 Å². The van der Waals surface area contributed by atoms with E-state index in [1.165, 1.54) is 11.1 Å². The van der Waals surface area contributed by atoms with E-state index in [4.69, 9.17) is 4.74 Å². The molecular weight excluding hydrogens is 399 g/mol. The molecule has 2 heterocycles. The van der Waals surface area contributed by atoms with E-state index in [1.54, 1.807) is 32.9 Å². The molecule has 0 saturated carbocycles. The van der Waals surface area contributed by atoms with Crippen LogP contribution in [0.2, 0.25) is 4.71 Å². The summed E-state index contributed by atoms with van der Waals surface area (Å²) >= 11 is -1.10. The van der Waals surface area contributed by atoms with Crippen molar-refractivity contribution in [2.45, 2.75) is 57.4 Å². The zero-order valence-electron chi connectivity index (χ0n) is 15.6. The van der Waals surface area contributed by atoms with Crippen molar-refractivity contribution in [3.8, 4) is 0 Å². The van der Waals surface area contributed by atoms with Gasteiger partial charge in [-0.1, -0.05) is 0 Å². The monoisotopic (exact) mass is 423 g/mol. The Morgan fingerprint density at radius 3 is 2.54 bits per heavy atom. The number of anilines is 1. The summed E-state index contributed by atoms with van der Waals surface area (Å²) in [5.74, 6) is -1.18. The summed E-state index contributed by atoms with van der Waals surface area (Å²) in [5.41, 5.74) is 0.104. The van der Waals surface area contributed by atoms with Crippen LogP contribution in [0.25, 0.3) is 0 Å². The van der Waals surface area contributed by atoms with Crippen molar-refractivity contribution in [1.29, 1.82) is 0 Å². The van der Waals surface area contributed by atoms with Crippen LogP contribution in [0.1, 0.15) is 40.2 Å². The zero-order chi connectivity index (χ0) is 19.6. The Kier molecular flexibility index (Phi) is 6.12. The van der Waals surface area contributed by atoms with Crippen LogP contribution < -0.4 is 4.90 Å². The molecule has 2 atom stereocenters. The molecule has 2 rings (SSSR count). The third kappa shape index (κ3) is 4.64. The van der Waals surface area contributed by atoms with Gasteiger partial charge in [-0.2, -0.15) is 0 Å².